The lowest BCUT2D eigenvalue weighted by Crippen LogP contribution is -1.85. The van der Waals surface area contributed by atoms with Crippen molar-refractivity contribution >= 4 is 46.4 Å². The molecule has 3 rings (SSSR count). The van der Waals surface area contributed by atoms with Gasteiger partial charge in [0, 0.05) is 5.56 Å². The first-order valence-electron chi connectivity index (χ1n) is 6.57. The minimum atomic E-state index is 0.315. The SMILES string of the molecule is Clc1cc(Cl)c(-c2ccc(-c3ccccc3)cc2)c(Cl)c1Cl. The molecule has 3 aromatic rings. The van der Waals surface area contributed by atoms with Gasteiger partial charge in [-0.2, -0.15) is 0 Å². The molecule has 0 radical (unpaired) electrons. The van der Waals surface area contributed by atoms with Crippen molar-refractivity contribution in [1.82, 2.24) is 0 Å². The molecule has 0 saturated carbocycles. The van der Waals surface area contributed by atoms with Crippen LogP contribution in [-0.4, -0.2) is 0 Å². The van der Waals surface area contributed by atoms with Gasteiger partial charge in [0.05, 0.1) is 20.1 Å². The zero-order valence-electron chi connectivity index (χ0n) is 11.3. The van der Waals surface area contributed by atoms with E-state index in [1.807, 2.05) is 42.5 Å². The van der Waals surface area contributed by atoms with Crippen molar-refractivity contribution in [3.8, 4) is 22.3 Å². The summed E-state index contributed by atoms with van der Waals surface area (Å²) in [6, 6.07) is 19.7. The molecular weight excluding hydrogens is 358 g/mol. The molecule has 4 heteroatoms. The van der Waals surface area contributed by atoms with Crippen molar-refractivity contribution in [1.29, 1.82) is 0 Å². The highest BCUT2D eigenvalue weighted by Gasteiger charge is 2.15. The predicted molar refractivity (Wildman–Crippen MR) is 97.4 cm³/mol. The lowest BCUT2D eigenvalue weighted by Gasteiger charge is -2.11. The number of halogens is 4. The monoisotopic (exact) mass is 366 g/mol. The zero-order valence-corrected chi connectivity index (χ0v) is 14.3. The predicted octanol–water partition coefficient (Wildman–Crippen LogP) is 7.63. The van der Waals surface area contributed by atoms with Crippen LogP contribution in [0.15, 0.2) is 60.7 Å². The van der Waals surface area contributed by atoms with E-state index in [2.05, 4.69) is 12.1 Å². The van der Waals surface area contributed by atoms with Crippen LogP contribution in [0.2, 0.25) is 20.1 Å². The van der Waals surface area contributed by atoms with Crippen LogP contribution in [-0.2, 0) is 0 Å². The summed E-state index contributed by atoms with van der Waals surface area (Å²) in [6.45, 7) is 0. The highest BCUT2D eigenvalue weighted by Crippen LogP contribution is 2.43. The maximum Gasteiger partial charge on any atom is 0.0785 e. The third-order valence-corrected chi connectivity index (χ3v) is 4.96. The first kappa shape index (κ1) is 15.7. The molecule has 0 bridgehead atoms. The Kier molecular flexibility index (Phi) is 4.65. The van der Waals surface area contributed by atoms with Crippen molar-refractivity contribution in [3.05, 3.63) is 80.8 Å². The van der Waals surface area contributed by atoms with Gasteiger partial charge >= 0.3 is 0 Å². The van der Waals surface area contributed by atoms with E-state index in [1.165, 1.54) is 0 Å². The topological polar surface area (TPSA) is 0 Å². The average Bonchev–Trinajstić information content (AvgIpc) is 2.54. The van der Waals surface area contributed by atoms with Crippen LogP contribution in [0.25, 0.3) is 22.3 Å². The van der Waals surface area contributed by atoms with Gasteiger partial charge in [-0.1, -0.05) is 101 Å². The largest absolute Gasteiger partial charge is 0.0836 e. The van der Waals surface area contributed by atoms with Crippen molar-refractivity contribution in [2.24, 2.45) is 0 Å². The van der Waals surface area contributed by atoms with Crippen molar-refractivity contribution in [2.75, 3.05) is 0 Å². The van der Waals surface area contributed by atoms with Gasteiger partial charge in [0.1, 0.15) is 0 Å². The van der Waals surface area contributed by atoms with Crippen molar-refractivity contribution in [2.45, 2.75) is 0 Å². The van der Waals surface area contributed by atoms with E-state index in [1.54, 1.807) is 6.07 Å². The van der Waals surface area contributed by atoms with Crippen LogP contribution in [0, 0.1) is 0 Å². The molecule has 22 heavy (non-hydrogen) atoms. The third kappa shape index (κ3) is 2.98. The van der Waals surface area contributed by atoms with E-state index in [0.29, 0.717) is 25.7 Å². The molecule has 0 amide bonds. The highest BCUT2D eigenvalue weighted by molar-refractivity contribution is 6.51. The normalized spacial score (nSPS) is 10.7. The Bertz CT molecular complexity index is 809. The second kappa shape index (κ2) is 6.52. The standard InChI is InChI=1S/C18H10Cl4/c19-14-10-15(20)17(21)18(22)16(14)13-8-6-12(7-9-13)11-4-2-1-3-5-11/h1-10H. The summed E-state index contributed by atoms with van der Waals surface area (Å²) in [5.74, 6) is 0. The number of benzene rings is 3. The highest BCUT2D eigenvalue weighted by atomic mass is 35.5. The quantitative estimate of drug-likeness (QED) is 0.322. The average molecular weight is 368 g/mol. The molecule has 0 aromatic heterocycles. The second-order valence-electron chi connectivity index (χ2n) is 4.79. The van der Waals surface area contributed by atoms with Crippen LogP contribution in [0.5, 0.6) is 0 Å². The lowest BCUT2D eigenvalue weighted by atomic mass is 10.0. The molecule has 0 nitrogen and oxygen atoms in total. The molecule has 0 aliphatic heterocycles. The molecular formula is C18H10Cl4. The number of hydrogen-bond acceptors (Lipinski definition) is 0. The zero-order chi connectivity index (χ0) is 15.7. The molecule has 0 aliphatic carbocycles. The van der Waals surface area contributed by atoms with Gasteiger partial charge in [-0.3, -0.25) is 0 Å². The van der Waals surface area contributed by atoms with Crippen LogP contribution in [0.1, 0.15) is 0 Å². The minimum Gasteiger partial charge on any atom is -0.0836 e. The van der Waals surface area contributed by atoms with Crippen LogP contribution in [0.4, 0.5) is 0 Å². The van der Waals surface area contributed by atoms with Crippen LogP contribution < -0.4 is 0 Å². The third-order valence-electron chi connectivity index (χ3n) is 3.39. The van der Waals surface area contributed by atoms with Gasteiger partial charge in [-0.15, -0.1) is 0 Å². The Morgan fingerprint density at radius 2 is 1.05 bits per heavy atom. The maximum atomic E-state index is 6.29. The summed E-state index contributed by atoms with van der Waals surface area (Å²) in [6.07, 6.45) is 0. The van der Waals surface area contributed by atoms with Gasteiger partial charge in [0.25, 0.3) is 0 Å². The smallest absolute Gasteiger partial charge is 0.0785 e. The van der Waals surface area contributed by atoms with E-state index >= 15 is 0 Å². The Morgan fingerprint density at radius 3 is 1.68 bits per heavy atom. The molecule has 0 saturated heterocycles. The minimum absolute atomic E-state index is 0.315. The van der Waals surface area contributed by atoms with Gasteiger partial charge in [-0.05, 0) is 22.8 Å². The Hall–Kier alpha value is -1.18. The molecule has 0 fully saturated rings. The molecule has 0 N–H and O–H groups in total. The summed E-state index contributed by atoms with van der Waals surface area (Å²) in [4.78, 5) is 0. The summed E-state index contributed by atoms with van der Waals surface area (Å²) in [5, 5.41) is 1.51. The van der Waals surface area contributed by atoms with Gasteiger partial charge < -0.3 is 0 Å². The Labute approximate surface area is 149 Å². The fourth-order valence-electron chi connectivity index (χ4n) is 2.29. The summed E-state index contributed by atoms with van der Waals surface area (Å²) in [5.41, 5.74) is 3.86. The van der Waals surface area contributed by atoms with Gasteiger partial charge in [0.15, 0.2) is 0 Å². The first-order valence-corrected chi connectivity index (χ1v) is 8.08. The van der Waals surface area contributed by atoms with Crippen molar-refractivity contribution in [3.63, 3.8) is 0 Å². The summed E-state index contributed by atoms with van der Waals surface area (Å²) < 4.78 is 0. The Morgan fingerprint density at radius 1 is 0.500 bits per heavy atom. The molecule has 0 aliphatic rings. The molecule has 0 heterocycles. The molecule has 110 valence electrons. The van der Waals surface area contributed by atoms with Crippen LogP contribution >= 0.6 is 46.4 Å². The van der Waals surface area contributed by atoms with Gasteiger partial charge in [-0.25, -0.2) is 0 Å². The fourth-order valence-corrected chi connectivity index (χ4v) is 3.42. The van der Waals surface area contributed by atoms with E-state index in [9.17, 15) is 0 Å². The van der Waals surface area contributed by atoms with E-state index in [4.69, 9.17) is 46.4 Å². The van der Waals surface area contributed by atoms with E-state index in [-0.39, 0.29) is 0 Å². The van der Waals surface area contributed by atoms with E-state index < -0.39 is 0 Å². The fraction of sp³-hybridized carbons (Fsp3) is 0. The first-order chi connectivity index (χ1) is 10.6. The van der Waals surface area contributed by atoms with E-state index in [0.717, 1.165) is 16.7 Å². The number of rotatable bonds is 2. The lowest BCUT2D eigenvalue weighted by molar-refractivity contribution is 1.59. The second-order valence-corrected chi connectivity index (χ2v) is 6.36. The number of hydrogen-bond donors (Lipinski definition) is 0. The van der Waals surface area contributed by atoms with Crippen molar-refractivity contribution < 1.29 is 0 Å². The molecule has 0 atom stereocenters. The molecule has 0 unspecified atom stereocenters. The van der Waals surface area contributed by atoms with Gasteiger partial charge in [0.2, 0.25) is 0 Å². The molecule has 3 aromatic carbocycles. The molecule has 0 spiro atoms. The summed E-state index contributed by atoms with van der Waals surface area (Å²) in [7, 11) is 0. The van der Waals surface area contributed by atoms with Crippen LogP contribution in [0.3, 0.4) is 0 Å². The summed E-state index contributed by atoms with van der Waals surface area (Å²) >= 11 is 24.7. The Balaban J connectivity index is 2.06. The maximum absolute atomic E-state index is 6.29.